The van der Waals surface area contributed by atoms with E-state index in [1.807, 2.05) is 31.2 Å². The summed E-state index contributed by atoms with van der Waals surface area (Å²) in [5.74, 6) is 1.45. The highest BCUT2D eigenvalue weighted by atomic mass is 16.5. The average molecular weight is 331 g/mol. The Morgan fingerprint density at radius 2 is 2.04 bits per heavy atom. The maximum atomic E-state index is 12.5. The van der Waals surface area contributed by atoms with Gasteiger partial charge in [0.15, 0.2) is 0 Å². The Balaban J connectivity index is 1.55. The van der Waals surface area contributed by atoms with Gasteiger partial charge in [0, 0.05) is 18.5 Å². The van der Waals surface area contributed by atoms with Crippen LogP contribution in [0.25, 0.3) is 0 Å². The molecule has 6 heteroatoms. The lowest BCUT2D eigenvalue weighted by atomic mass is 9.94. The summed E-state index contributed by atoms with van der Waals surface area (Å²) < 4.78 is 5.15. The molecule has 2 fully saturated rings. The van der Waals surface area contributed by atoms with Crippen molar-refractivity contribution in [1.82, 2.24) is 16.0 Å². The van der Waals surface area contributed by atoms with Gasteiger partial charge in [-0.15, -0.1) is 0 Å². The van der Waals surface area contributed by atoms with Crippen molar-refractivity contribution in [3.63, 3.8) is 0 Å². The van der Waals surface area contributed by atoms with Crippen molar-refractivity contribution in [1.29, 1.82) is 0 Å². The molecule has 1 aliphatic heterocycles. The fraction of sp³-hybridized carbons (Fsp3) is 0.556. The quantitative estimate of drug-likeness (QED) is 0.770. The minimum atomic E-state index is -0.129. The molecule has 0 spiro atoms. The maximum absolute atomic E-state index is 12.5. The summed E-state index contributed by atoms with van der Waals surface area (Å²) in [7, 11) is 1.63. The highest BCUT2D eigenvalue weighted by Gasteiger charge is 2.50. The number of rotatable bonds is 5. The van der Waals surface area contributed by atoms with Crippen molar-refractivity contribution < 1.29 is 14.3 Å². The Hall–Kier alpha value is -2.24. The molecule has 1 aromatic rings. The Kier molecular flexibility index (Phi) is 4.64. The second-order valence-electron chi connectivity index (χ2n) is 6.87. The van der Waals surface area contributed by atoms with Gasteiger partial charge < -0.3 is 20.7 Å². The molecule has 0 aromatic heterocycles. The third-order valence-corrected chi connectivity index (χ3v) is 5.11. The minimum Gasteiger partial charge on any atom is -0.497 e. The Labute approximate surface area is 142 Å². The number of carbonyl (C=O) groups excluding carboxylic acids is 2. The van der Waals surface area contributed by atoms with Gasteiger partial charge in [0.1, 0.15) is 5.75 Å². The first-order valence-corrected chi connectivity index (χ1v) is 8.48. The summed E-state index contributed by atoms with van der Waals surface area (Å²) in [5, 5.41) is 8.84. The maximum Gasteiger partial charge on any atom is 0.315 e. The number of hydrogen-bond acceptors (Lipinski definition) is 3. The molecule has 1 aromatic carbocycles. The second-order valence-corrected chi connectivity index (χ2v) is 6.87. The van der Waals surface area contributed by atoms with Crippen LogP contribution >= 0.6 is 0 Å². The van der Waals surface area contributed by atoms with Gasteiger partial charge in [-0.25, -0.2) is 4.79 Å². The molecule has 0 bridgehead atoms. The third kappa shape index (κ3) is 3.47. The van der Waals surface area contributed by atoms with Crippen LogP contribution in [-0.2, 0) is 4.79 Å². The smallest absolute Gasteiger partial charge is 0.315 e. The van der Waals surface area contributed by atoms with Gasteiger partial charge >= 0.3 is 6.03 Å². The van der Waals surface area contributed by atoms with Gasteiger partial charge in [-0.1, -0.05) is 19.1 Å². The Bertz CT molecular complexity index is 616. The molecule has 5 atom stereocenters. The van der Waals surface area contributed by atoms with Crippen molar-refractivity contribution in [2.75, 3.05) is 13.7 Å². The number of hydrogen-bond donors (Lipinski definition) is 3. The normalized spacial score (nSPS) is 29.9. The van der Waals surface area contributed by atoms with E-state index in [1.54, 1.807) is 7.11 Å². The lowest BCUT2D eigenvalue weighted by molar-refractivity contribution is -0.123. The van der Waals surface area contributed by atoms with E-state index >= 15 is 0 Å². The SMILES string of the molecule is COc1ccc([C@@H](C)NC(=O)C2CC2C2NC(=O)NCC2C)cc1. The van der Waals surface area contributed by atoms with E-state index in [1.165, 1.54) is 0 Å². The number of urea groups is 1. The van der Waals surface area contributed by atoms with Crippen LogP contribution in [0.4, 0.5) is 4.79 Å². The van der Waals surface area contributed by atoms with Gasteiger partial charge in [0.05, 0.1) is 13.2 Å². The van der Waals surface area contributed by atoms with Crippen LogP contribution in [-0.4, -0.2) is 31.6 Å². The number of methoxy groups -OCH3 is 1. The van der Waals surface area contributed by atoms with Gasteiger partial charge in [-0.3, -0.25) is 4.79 Å². The van der Waals surface area contributed by atoms with Gasteiger partial charge in [-0.2, -0.15) is 0 Å². The van der Waals surface area contributed by atoms with E-state index in [2.05, 4.69) is 22.9 Å². The van der Waals surface area contributed by atoms with Gasteiger partial charge in [0.2, 0.25) is 5.91 Å². The molecular weight excluding hydrogens is 306 g/mol. The summed E-state index contributed by atoms with van der Waals surface area (Å²) in [5.41, 5.74) is 1.05. The van der Waals surface area contributed by atoms with E-state index < -0.39 is 0 Å². The first-order valence-electron chi connectivity index (χ1n) is 8.48. The molecule has 4 unspecified atom stereocenters. The minimum absolute atomic E-state index is 0.00320. The molecule has 3 N–H and O–H groups in total. The van der Waals surface area contributed by atoms with E-state index in [-0.39, 0.29) is 35.9 Å². The van der Waals surface area contributed by atoms with Crippen LogP contribution in [0.2, 0.25) is 0 Å². The highest BCUT2D eigenvalue weighted by Crippen LogP contribution is 2.44. The third-order valence-electron chi connectivity index (χ3n) is 5.11. The number of amides is 3. The zero-order chi connectivity index (χ0) is 17.3. The monoisotopic (exact) mass is 331 g/mol. The van der Waals surface area contributed by atoms with E-state index in [0.717, 1.165) is 17.7 Å². The predicted octanol–water partition coefficient (Wildman–Crippen LogP) is 1.83. The molecule has 3 amide bonds. The van der Waals surface area contributed by atoms with Crippen molar-refractivity contribution in [3.05, 3.63) is 29.8 Å². The fourth-order valence-corrected chi connectivity index (χ4v) is 3.46. The van der Waals surface area contributed by atoms with Crippen molar-refractivity contribution in [2.24, 2.45) is 17.8 Å². The summed E-state index contributed by atoms with van der Waals surface area (Å²) in [4.78, 5) is 24.0. The number of nitrogens with one attached hydrogen (secondary N) is 3. The number of ether oxygens (including phenoxy) is 1. The van der Waals surface area contributed by atoms with Crippen LogP contribution in [0.15, 0.2) is 24.3 Å². The van der Waals surface area contributed by atoms with Crippen molar-refractivity contribution >= 4 is 11.9 Å². The molecule has 1 aliphatic carbocycles. The number of carbonyl (C=O) groups is 2. The molecule has 1 saturated heterocycles. The first kappa shape index (κ1) is 16.6. The summed E-state index contributed by atoms with van der Waals surface area (Å²) in [6.45, 7) is 4.75. The summed E-state index contributed by atoms with van der Waals surface area (Å²) in [6.07, 6.45) is 0.844. The van der Waals surface area contributed by atoms with E-state index in [9.17, 15) is 9.59 Å². The topological polar surface area (TPSA) is 79.5 Å². The molecule has 0 radical (unpaired) electrons. The molecule has 3 rings (SSSR count). The lowest BCUT2D eigenvalue weighted by Gasteiger charge is -2.31. The summed E-state index contributed by atoms with van der Waals surface area (Å²) in [6, 6.07) is 7.62. The number of benzene rings is 1. The van der Waals surface area contributed by atoms with Crippen LogP contribution < -0.4 is 20.7 Å². The van der Waals surface area contributed by atoms with Crippen LogP contribution in [0, 0.1) is 17.8 Å². The fourth-order valence-electron chi connectivity index (χ4n) is 3.46. The Morgan fingerprint density at radius 1 is 1.33 bits per heavy atom. The van der Waals surface area contributed by atoms with Crippen LogP contribution in [0.3, 0.4) is 0 Å². The van der Waals surface area contributed by atoms with E-state index in [4.69, 9.17) is 4.74 Å². The lowest BCUT2D eigenvalue weighted by Crippen LogP contribution is -2.55. The van der Waals surface area contributed by atoms with Crippen LogP contribution in [0.5, 0.6) is 5.75 Å². The van der Waals surface area contributed by atoms with Crippen molar-refractivity contribution in [2.45, 2.75) is 32.4 Å². The molecule has 1 saturated carbocycles. The first-order chi connectivity index (χ1) is 11.5. The molecular formula is C18H25N3O3. The zero-order valence-electron chi connectivity index (χ0n) is 14.3. The van der Waals surface area contributed by atoms with E-state index in [0.29, 0.717) is 12.5 Å². The predicted molar refractivity (Wildman–Crippen MR) is 90.6 cm³/mol. The highest BCUT2D eigenvalue weighted by molar-refractivity contribution is 5.82. The van der Waals surface area contributed by atoms with Gasteiger partial charge in [0.25, 0.3) is 0 Å². The summed E-state index contributed by atoms with van der Waals surface area (Å²) >= 11 is 0. The van der Waals surface area contributed by atoms with Crippen molar-refractivity contribution in [3.8, 4) is 5.75 Å². The standard InChI is InChI=1S/C18H25N3O3/c1-10-9-19-18(23)21-16(10)14-8-15(14)17(22)20-11(2)12-4-6-13(24-3)7-5-12/h4-7,10-11,14-16H,8-9H2,1-3H3,(H,20,22)(H2,19,21,23)/t10?,11-,14?,15?,16?/m1/s1. The molecule has 2 aliphatic rings. The largest absolute Gasteiger partial charge is 0.497 e. The molecule has 130 valence electrons. The molecule has 24 heavy (non-hydrogen) atoms. The van der Waals surface area contributed by atoms with Crippen LogP contribution in [0.1, 0.15) is 31.9 Å². The Morgan fingerprint density at radius 3 is 2.71 bits per heavy atom. The molecule has 1 heterocycles. The molecule has 6 nitrogen and oxygen atoms in total. The average Bonchev–Trinajstić information content (AvgIpc) is 3.37. The second kappa shape index (κ2) is 6.71. The van der Waals surface area contributed by atoms with Gasteiger partial charge in [-0.05, 0) is 42.9 Å². The zero-order valence-corrected chi connectivity index (χ0v) is 14.3.